The molecule has 0 atom stereocenters. The van der Waals surface area contributed by atoms with Gasteiger partial charge in [-0.25, -0.2) is 9.97 Å². The summed E-state index contributed by atoms with van der Waals surface area (Å²) >= 11 is 1.15. The number of phenols is 1. The summed E-state index contributed by atoms with van der Waals surface area (Å²) in [5, 5.41) is 8.77. The Hall–Kier alpha value is -3.76. The zero-order chi connectivity index (χ0) is 21.9. The van der Waals surface area contributed by atoms with Gasteiger partial charge in [0.15, 0.2) is 0 Å². The molecule has 2 aliphatic rings. The van der Waals surface area contributed by atoms with Gasteiger partial charge in [0.2, 0.25) is 0 Å². The summed E-state index contributed by atoms with van der Waals surface area (Å²) in [5.41, 5.74) is 7.86. The van der Waals surface area contributed by atoms with Crippen LogP contribution in [-0.2, 0) is 18.3 Å². The molecule has 0 aliphatic carbocycles. The third-order valence-electron chi connectivity index (χ3n) is 4.98. The molecule has 3 N–H and O–H groups in total. The molecule has 5 nitrogen and oxygen atoms in total. The van der Waals surface area contributed by atoms with Crippen molar-refractivity contribution in [3.63, 3.8) is 0 Å². The van der Waals surface area contributed by atoms with E-state index in [9.17, 15) is 0 Å². The fourth-order valence-corrected chi connectivity index (χ4v) is 3.93. The Labute approximate surface area is 194 Å². The first kappa shape index (κ1) is 20.2. The van der Waals surface area contributed by atoms with Crippen LogP contribution in [0.2, 0.25) is 0 Å². The van der Waals surface area contributed by atoms with E-state index in [1.54, 1.807) is 12.1 Å². The number of aromatic nitrogens is 4. The van der Waals surface area contributed by atoms with Gasteiger partial charge in [-0.15, -0.1) is 0 Å². The van der Waals surface area contributed by atoms with Gasteiger partial charge in [-0.05, 0) is 72.8 Å². The average molecular weight is 469 g/mol. The van der Waals surface area contributed by atoms with E-state index in [1.807, 2.05) is 60.7 Å². The van der Waals surface area contributed by atoms with Gasteiger partial charge in [0.1, 0.15) is 0 Å². The Morgan fingerprint density at radius 2 is 0.875 bits per heavy atom. The molecule has 0 radical (unpaired) electrons. The molecule has 0 amide bonds. The van der Waals surface area contributed by atoms with Crippen molar-refractivity contribution in [2.75, 3.05) is 0 Å². The predicted octanol–water partition coefficient (Wildman–Crippen LogP) is 5.22. The van der Waals surface area contributed by atoms with E-state index in [-0.39, 0.29) is 0 Å². The first-order valence-electron chi connectivity index (χ1n) is 10.2. The second kappa shape index (κ2) is 8.77. The van der Waals surface area contributed by atoms with E-state index in [2.05, 4.69) is 44.2 Å². The normalized spacial score (nSPS) is 11.8. The molecule has 0 saturated carbocycles. The summed E-state index contributed by atoms with van der Waals surface area (Å²) in [5.74, 6) is 0.349. The van der Waals surface area contributed by atoms with E-state index in [0.717, 1.165) is 63.1 Å². The Bertz CT molecular complexity index is 1300. The summed E-state index contributed by atoms with van der Waals surface area (Å²) in [7, 11) is 0. The number of hydrogen-bond acceptors (Lipinski definition) is 3. The van der Waals surface area contributed by atoms with Crippen molar-refractivity contribution in [1.29, 1.82) is 0 Å². The van der Waals surface area contributed by atoms with Crippen LogP contribution in [0.1, 0.15) is 22.8 Å². The second-order valence-electron chi connectivity index (χ2n) is 7.57. The molecule has 3 aromatic heterocycles. The van der Waals surface area contributed by atoms with E-state index in [1.165, 1.54) is 4.16 Å². The maximum atomic E-state index is 8.77. The van der Waals surface area contributed by atoms with Gasteiger partial charge < -0.3 is 9.97 Å². The molecule has 32 heavy (non-hydrogen) atoms. The van der Waals surface area contributed by atoms with Crippen LogP contribution in [0.5, 0.6) is 5.75 Å². The fourth-order valence-electron chi connectivity index (χ4n) is 3.44. The Morgan fingerprint density at radius 3 is 1.19 bits per heavy atom. The molecule has 2 aliphatic heterocycles. The third-order valence-corrected chi connectivity index (χ3v) is 5.97. The van der Waals surface area contributed by atoms with Gasteiger partial charge in [-0.2, -0.15) is 0 Å². The van der Waals surface area contributed by atoms with Gasteiger partial charge >= 0.3 is 57.6 Å². The molecule has 0 saturated heterocycles. The monoisotopic (exact) mass is 467 g/mol. The van der Waals surface area contributed by atoms with Crippen LogP contribution in [-0.4, -0.2) is 25.0 Å². The Kier molecular flexibility index (Phi) is 5.53. The van der Waals surface area contributed by atoms with Gasteiger partial charge in [0.25, 0.3) is 0 Å². The van der Waals surface area contributed by atoms with Crippen LogP contribution >= 0.6 is 0 Å². The summed E-state index contributed by atoms with van der Waals surface area (Å²) in [4.78, 5) is 16.0. The van der Waals surface area contributed by atoms with E-state index in [4.69, 9.17) is 5.11 Å². The zero-order valence-electron chi connectivity index (χ0n) is 17.3. The van der Waals surface area contributed by atoms with Crippen molar-refractivity contribution in [1.82, 2.24) is 19.9 Å². The van der Waals surface area contributed by atoms with Crippen LogP contribution < -0.4 is 4.16 Å². The molecule has 0 fully saturated rings. The van der Waals surface area contributed by atoms with Crippen LogP contribution in [0, 0.1) is 0 Å². The van der Waals surface area contributed by atoms with Crippen molar-refractivity contribution in [2.24, 2.45) is 0 Å². The minimum absolute atomic E-state index is 0.349. The molecule has 1 aromatic carbocycles. The first-order chi connectivity index (χ1) is 15.6. The number of H-pyrrole nitrogens is 2. The number of fused-ring (bicyclic) bond motifs is 8. The molecule has 0 unspecified atom stereocenters. The van der Waals surface area contributed by atoms with E-state index in [0.29, 0.717) is 5.75 Å². The van der Waals surface area contributed by atoms with Crippen LogP contribution in [0.15, 0.2) is 72.8 Å². The first-order valence-corrected chi connectivity index (χ1v) is 11.7. The summed E-state index contributed by atoms with van der Waals surface area (Å²) in [6.07, 6.45) is 8.09. The molecule has 5 heterocycles. The molecule has 6 heteroatoms. The Morgan fingerprint density at radius 1 is 0.531 bits per heavy atom. The number of hydrogen-bond donors (Lipinski definition) is 3. The number of phenolic OH excluding ortho intramolecular Hbond substituents is 1. The van der Waals surface area contributed by atoms with E-state index >= 15 is 0 Å². The molecular weight excluding hydrogens is 450 g/mol. The van der Waals surface area contributed by atoms with Gasteiger partial charge in [0, 0.05) is 22.1 Å². The van der Waals surface area contributed by atoms with Gasteiger partial charge in [0.05, 0.1) is 22.8 Å². The van der Waals surface area contributed by atoms with Crippen LogP contribution in [0.25, 0.3) is 46.4 Å². The van der Waals surface area contributed by atoms with Gasteiger partial charge in [-0.1, -0.05) is 0 Å². The number of aromatic hydroxyl groups is 1. The Balaban J connectivity index is 0.000000230. The standard InChI is InChI=1S/C20H14N4.C6H5O.Zn/c1-2-14-10-16-5-6-18(23-16)12-20-8-7-19(24-20)11-17-4-3-15(22-17)9-13(1)21-14;7-6-4-2-1-3-5-6;/h1-12,21,24H;2-5,7H;. The number of nitrogens with one attached hydrogen (secondary N) is 2. The fraction of sp³-hybridized carbons (Fsp3) is 0. The number of benzene rings is 1. The number of aromatic amines is 2. The minimum atomic E-state index is 0.349. The van der Waals surface area contributed by atoms with Crippen molar-refractivity contribution >= 4 is 50.5 Å². The molecule has 0 spiro atoms. The topological polar surface area (TPSA) is 77.6 Å². The van der Waals surface area contributed by atoms with Gasteiger partial charge in [-0.3, -0.25) is 0 Å². The molecule has 4 aromatic rings. The number of rotatable bonds is 0. The zero-order valence-corrected chi connectivity index (χ0v) is 20.3. The third kappa shape index (κ3) is 4.93. The maximum absolute atomic E-state index is 8.77. The summed E-state index contributed by atoms with van der Waals surface area (Å²) < 4.78 is 1.29. The average Bonchev–Trinajstić information content (AvgIpc) is 3.57. The molecule has 8 bridgehead atoms. The van der Waals surface area contributed by atoms with Crippen molar-refractivity contribution < 1.29 is 23.4 Å². The predicted molar refractivity (Wildman–Crippen MR) is 127 cm³/mol. The van der Waals surface area contributed by atoms with Crippen molar-refractivity contribution in [2.45, 2.75) is 0 Å². The van der Waals surface area contributed by atoms with Crippen molar-refractivity contribution in [3.05, 3.63) is 95.6 Å². The molecule has 6 rings (SSSR count). The second-order valence-corrected chi connectivity index (χ2v) is 9.28. The van der Waals surface area contributed by atoms with Crippen molar-refractivity contribution in [3.8, 4) is 5.75 Å². The number of nitrogens with zero attached hydrogens (tertiary/aromatic N) is 2. The van der Waals surface area contributed by atoms with Crippen LogP contribution in [0.4, 0.5) is 0 Å². The van der Waals surface area contributed by atoms with Crippen LogP contribution in [0.3, 0.4) is 0 Å². The van der Waals surface area contributed by atoms with E-state index < -0.39 is 0 Å². The summed E-state index contributed by atoms with van der Waals surface area (Å²) in [6.45, 7) is 0. The molecular formula is C26H19N4OZn. The quantitative estimate of drug-likeness (QED) is 0.267. The SMILES string of the molecule is C1=Cc2cc3ccc(cc4nc(cc5ccc(cc1n2)[nH]5)C=C4)[nH]3.Oc1cc[c]([Zn])cc1. The summed E-state index contributed by atoms with van der Waals surface area (Å²) in [6, 6.07) is 23.6. The molecule has 151 valence electrons.